The van der Waals surface area contributed by atoms with Crippen LogP contribution in [0.3, 0.4) is 0 Å². The van der Waals surface area contributed by atoms with E-state index in [2.05, 4.69) is 0 Å². The highest BCUT2D eigenvalue weighted by atomic mass is 32.2. The lowest BCUT2D eigenvalue weighted by Crippen LogP contribution is -2.72. The molecule has 2 aliphatic rings. The number of carbonyl (C=O) groups is 2. The Kier molecular flexibility index (Phi) is 6.91. The van der Waals surface area contributed by atoms with E-state index in [9.17, 15) is 31.2 Å². The number of piperazine rings is 1. The average Bonchev–Trinajstić information content (AvgIpc) is 2.81. The number of halogens is 3. The smallest absolute Gasteiger partial charge is 0.335 e. The van der Waals surface area contributed by atoms with Gasteiger partial charge in [0.15, 0.2) is 0 Å². The van der Waals surface area contributed by atoms with Crippen LogP contribution in [0, 0.1) is 6.92 Å². The predicted molar refractivity (Wildman–Crippen MR) is 126 cm³/mol. The Bertz CT molecular complexity index is 1260. The van der Waals surface area contributed by atoms with E-state index in [4.69, 9.17) is 0 Å². The molecule has 2 aromatic rings. The summed E-state index contributed by atoms with van der Waals surface area (Å²) in [6.07, 6.45) is -5.71. The topological polar surface area (TPSA) is 78.0 Å². The molecule has 0 N–H and O–H groups in total. The third kappa shape index (κ3) is 4.86. The van der Waals surface area contributed by atoms with E-state index in [0.29, 0.717) is 6.07 Å². The zero-order chi connectivity index (χ0) is 26.4. The Labute approximate surface area is 208 Å². The van der Waals surface area contributed by atoms with Crippen LogP contribution in [0.4, 0.5) is 13.2 Å². The van der Waals surface area contributed by atoms with Gasteiger partial charge in [0.05, 0.1) is 17.0 Å². The Hall–Kier alpha value is -2.92. The van der Waals surface area contributed by atoms with Gasteiger partial charge in [-0.05, 0) is 44.5 Å². The number of alkyl halides is 3. The standard InChI is InChI=1S/C25H28F3N3O4S/c1-16(2)29-15-22-30(36(34,35)20-6-4-5-19(14-20)25(26,27)28)12-11-23(32)31(22)21(24(29)33)13-18-9-7-17(3)8-10-18/h4-10,14,16,21-22H,11-13,15H2,1-3H3. The summed E-state index contributed by atoms with van der Waals surface area (Å²) < 4.78 is 68.1. The molecule has 2 saturated heterocycles. The number of benzene rings is 2. The van der Waals surface area contributed by atoms with Crippen molar-refractivity contribution in [2.75, 3.05) is 13.1 Å². The summed E-state index contributed by atoms with van der Waals surface area (Å²) in [4.78, 5) is 28.9. The van der Waals surface area contributed by atoms with E-state index in [1.54, 1.807) is 13.8 Å². The van der Waals surface area contributed by atoms with Gasteiger partial charge in [-0.25, -0.2) is 8.42 Å². The van der Waals surface area contributed by atoms with E-state index in [1.165, 1.54) is 9.80 Å². The molecule has 0 bridgehead atoms. The third-order valence-electron chi connectivity index (χ3n) is 6.69. The second-order valence-corrected chi connectivity index (χ2v) is 11.4. The molecule has 0 aromatic heterocycles. The Morgan fingerprint density at radius 1 is 1.06 bits per heavy atom. The summed E-state index contributed by atoms with van der Waals surface area (Å²) in [5.74, 6) is -0.641. The summed E-state index contributed by atoms with van der Waals surface area (Å²) in [6.45, 7) is 5.27. The average molecular weight is 524 g/mol. The fourth-order valence-electron chi connectivity index (χ4n) is 4.77. The number of carbonyl (C=O) groups excluding carboxylic acids is 2. The molecule has 2 fully saturated rings. The molecule has 0 spiro atoms. The fourth-order valence-corrected chi connectivity index (χ4v) is 6.39. The number of hydrogen-bond acceptors (Lipinski definition) is 4. The van der Waals surface area contributed by atoms with Crippen LogP contribution < -0.4 is 0 Å². The molecule has 2 aliphatic heterocycles. The number of amides is 2. The van der Waals surface area contributed by atoms with E-state index >= 15 is 0 Å². The van der Waals surface area contributed by atoms with Crippen molar-refractivity contribution in [3.63, 3.8) is 0 Å². The second-order valence-electron chi connectivity index (χ2n) is 9.46. The van der Waals surface area contributed by atoms with Crippen LogP contribution in [0.25, 0.3) is 0 Å². The zero-order valence-corrected chi connectivity index (χ0v) is 21.0. The molecule has 0 aliphatic carbocycles. The minimum absolute atomic E-state index is 0.0647. The molecule has 2 amide bonds. The third-order valence-corrected chi connectivity index (χ3v) is 8.59. The molecular weight excluding hydrogens is 495 g/mol. The molecule has 2 aromatic carbocycles. The second kappa shape index (κ2) is 9.51. The molecule has 0 radical (unpaired) electrons. The van der Waals surface area contributed by atoms with Gasteiger partial charge in [0.1, 0.15) is 12.2 Å². The molecule has 4 rings (SSSR count). The highest BCUT2D eigenvalue weighted by molar-refractivity contribution is 7.89. The first-order chi connectivity index (χ1) is 16.8. The lowest BCUT2D eigenvalue weighted by molar-refractivity contribution is -0.166. The van der Waals surface area contributed by atoms with Crippen molar-refractivity contribution in [3.05, 3.63) is 65.2 Å². The molecular formula is C25H28F3N3O4S. The van der Waals surface area contributed by atoms with Gasteiger partial charge in [0.25, 0.3) is 0 Å². The highest BCUT2D eigenvalue weighted by Gasteiger charge is 2.51. The Balaban J connectivity index is 1.75. The molecule has 36 heavy (non-hydrogen) atoms. The van der Waals surface area contributed by atoms with Crippen molar-refractivity contribution >= 4 is 21.8 Å². The van der Waals surface area contributed by atoms with Gasteiger partial charge >= 0.3 is 6.18 Å². The first-order valence-corrected chi connectivity index (χ1v) is 13.1. The SMILES string of the molecule is Cc1ccc(CC2C(=O)N(C(C)C)CC3N2C(=O)CCN3S(=O)(=O)c2cccc(C(F)(F)F)c2)cc1. The maximum Gasteiger partial charge on any atom is 0.416 e. The van der Waals surface area contributed by atoms with Gasteiger partial charge in [0, 0.05) is 25.4 Å². The lowest BCUT2D eigenvalue weighted by atomic mass is 9.97. The molecule has 11 heteroatoms. The van der Waals surface area contributed by atoms with Gasteiger partial charge < -0.3 is 9.80 Å². The van der Waals surface area contributed by atoms with Crippen LogP contribution in [-0.4, -0.2) is 65.7 Å². The number of aryl methyl sites for hydroxylation is 1. The van der Waals surface area contributed by atoms with Crippen LogP contribution in [0.15, 0.2) is 53.4 Å². The number of rotatable bonds is 5. The van der Waals surface area contributed by atoms with Crippen molar-refractivity contribution in [1.82, 2.24) is 14.1 Å². The number of hydrogen-bond donors (Lipinski definition) is 0. The van der Waals surface area contributed by atoms with Crippen LogP contribution in [0.1, 0.15) is 37.0 Å². The van der Waals surface area contributed by atoms with Gasteiger partial charge in [-0.3, -0.25) is 9.59 Å². The van der Waals surface area contributed by atoms with Crippen molar-refractivity contribution in [1.29, 1.82) is 0 Å². The summed E-state index contributed by atoms with van der Waals surface area (Å²) in [5, 5.41) is 0. The minimum atomic E-state index is -4.71. The summed E-state index contributed by atoms with van der Waals surface area (Å²) in [7, 11) is -4.41. The Morgan fingerprint density at radius 3 is 2.33 bits per heavy atom. The van der Waals surface area contributed by atoms with Crippen molar-refractivity contribution < 1.29 is 31.2 Å². The minimum Gasteiger partial charge on any atom is -0.335 e. The number of sulfonamides is 1. The maximum absolute atomic E-state index is 13.6. The van der Waals surface area contributed by atoms with Gasteiger partial charge in [0.2, 0.25) is 21.8 Å². The molecule has 0 saturated carbocycles. The van der Waals surface area contributed by atoms with Crippen molar-refractivity contribution in [2.45, 2.75) is 62.9 Å². The summed E-state index contributed by atoms with van der Waals surface area (Å²) >= 11 is 0. The molecule has 2 heterocycles. The molecule has 2 unspecified atom stereocenters. The number of fused-ring (bicyclic) bond motifs is 1. The molecule has 2 atom stereocenters. The van der Waals surface area contributed by atoms with Crippen LogP contribution >= 0.6 is 0 Å². The van der Waals surface area contributed by atoms with Gasteiger partial charge in [-0.2, -0.15) is 17.5 Å². The highest BCUT2D eigenvalue weighted by Crippen LogP contribution is 2.34. The number of nitrogens with zero attached hydrogens (tertiary/aromatic N) is 3. The first-order valence-electron chi connectivity index (χ1n) is 11.7. The summed E-state index contributed by atoms with van der Waals surface area (Å²) in [6, 6.07) is 9.88. The lowest BCUT2D eigenvalue weighted by Gasteiger charge is -2.52. The predicted octanol–water partition coefficient (Wildman–Crippen LogP) is 3.42. The van der Waals surface area contributed by atoms with E-state index in [-0.39, 0.29) is 43.8 Å². The molecule has 7 nitrogen and oxygen atoms in total. The van der Waals surface area contributed by atoms with Crippen LogP contribution in [0.5, 0.6) is 0 Å². The zero-order valence-electron chi connectivity index (χ0n) is 20.2. The van der Waals surface area contributed by atoms with Crippen LogP contribution in [0.2, 0.25) is 0 Å². The monoisotopic (exact) mass is 523 g/mol. The van der Waals surface area contributed by atoms with Crippen molar-refractivity contribution in [3.8, 4) is 0 Å². The normalized spacial score (nSPS) is 21.8. The van der Waals surface area contributed by atoms with E-state index in [1.807, 2.05) is 31.2 Å². The Morgan fingerprint density at radius 2 is 1.72 bits per heavy atom. The van der Waals surface area contributed by atoms with E-state index < -0.39 is 38.9 Å². The van der Waals surface area contributed by atoms with Gasteiger partial charge in [-0.15, -0.1) is 0 Å². The quantitative estimate of drug-likeness (QED) is 0.602. The largest absolute Gasteiger partial charge is 0.416 e. The molecule has 194 valence electrons. The first kappa shape index (κ1) is 26.2. The fraction of sp³-hybridized carbons (Fsp3) is 0.440. The maximum atomic E-state index is 13.6. The van der Waals surface area contributed by atoms with E-state index in [0.717, 1.165) is 33.6 Å². The van der Waals surface area contributed by atoms with Crippen LogP contribution in [-0.2, 0) is 32.2 Å². The summed E-state index contributed by atoms with van der Waals surface area (Å²) in [5.41, 5.74) is 0.769. The van der Waals surface area contributed by atoms with Crippen molar-refractivity contribution in [2.24, 2.45) is 0 Å². The van der Waals surface area contributed by atoms with Gasteiger partial charge in [-0.1, -0.05) is 35.9 Å².